The van der Waals surface area contributed by atoms with Gasteiger partial charge in [-0.1, -0.05) is 60.7 Å². The van der Waals surface area contributed by atoms with E-state index in [1.165, 1.54) is 37.7 Å². The van der Waals surface area contributed by atoms with Crippen LogP contribution in [0.25, 0.3) is 54.3 Å². The summed E-state index contributed by atoms with van der Waals surface area (Å²) < 4.78 is 19.0. The molecule has 1 aliphatic heterocycles. The lowest BCUT2D eigenvalue weighted by Crippen LogP contribution is -2.41. The van der Waals surface area contributed by atoms with Gasteiger partial charge in [0.15, 0.2) is 0 Å². The van der Waals surface area contributed by atoms with Crippen molar-refractivity contribution >= 4 is 66.8 Å². The minimum absolute atomic E-state index is 0.375. The first-order valence-corrected chi connectivity index (χ1v) is 11.9. The van der Waals surface area contributed by atoms with Gasteiger partial charge < -0.3 is 13.7 Å². The molecular weight excluding hydrogens is 419 g/mol. The second-order valence-corrected chi connectivity index (χ2v) is 10.4. The van der Waals surface area contributed by atoms with Gasteiger partial charge in [0, 0.05) is 16.2 Å². The Hall–Kier alpha value is -3.34. The summed E-state index contributed by atoms with van der Waals surface area (Å²) in [7, 11) is -0.394. The molecule has 4 heteroatoms. The molecule has 6 aromatic rings. The Morgan fingerprint density at radius 2 is 1.12 bits per heavy atom. The summed E-state index contributed by atoms with van der Waals surface area (Å²) in [5, 5.41) is 9.68. The van der Waals surface area contributed by atoms with Crippen LogP contribution in [0, 0.1) is 0 Å². The monoisotopic (exact) mass is 444 g/mol. The minimum atomic E-state index is -0.394. The van der Waals surface area contributed by atoms with Crippen LogP contribution in [-0.2, 0) is 9.31 Å². The van der Waals surface area contributed by atoms with Gasteiger partial charge in [0.05, 0.1) is 11.2 Å². The number of hydrogen-bond donors (Lipinski definition) is 0. The van der Waals surface area contributed by atoms with E-state index < -0.39 is 7.12 Å². The van der Waals surface area contributed by atoms with Gasteiger partial charge in [0.1, 0.15) is 11.2 Å². The lowest BCUT2D eigenvalue weighted by atomic mass is 9.77. The molecule has 0 N–H and O–H groups in total. The molecule has 7 rings (SSSR count). The van der Waals surface area contributed by atoms with Crippen LogP contribution in [0.1, 0.15) is 27.7 Å². The summed E-state index contributed by atoms with van der Waals surface area (Å²) >= 11 is 0. The summed E-state index contributed by atoms with van der Waals surface area (Å²) in [5.74, 6) is 0. The molecule has 34 heavy (non-hydrogen) atoms. The Labute approximate surface area is 198 Å². The quantitative estimate of drug-likeness (QED) is 0.196. The highest BCUT2D eigenvalue weighted by Gasteiger charge is 2.51. The van der Waals surface area contributed by atoms with Gasteiger partial charge >= 0.3 is 7.12 Å². The van der Waals surface area contributed by atoms with Crippen molar-refractivity contribution in [3.8, 4) is 0 Å². The molecule has 0 bridgehead atoms. The van der Waals surface area contributed by atoms with E-state index >= 15 is 0 Å². The third-order valence-electron chi connectivity index (χ3n) is 7.89. The van der Waals surface area contributed by atoms with Gasteiger partial charge in [-0.15, -0.1) is 0 Å². The largest absolute Gasteiger partial charge is 0.494 e. The van der Waals surface area contributed by atoms with Gasteiger partial charge in [-0.25, -0.2) is 0 Å². The molecule has 5 aromatic carbocycles. The Morgan fingerprint density at radius 1 is 0.529 bits per heavy atom. The first kappa shape index (κ1) is 20.1. The fraction of sp³-hybridized carbons (Fsp3) is 0.200. The first-order chi connectivity index (χ1) is 16.3. The molecule has 1 fully saturated rings. The smallest absolute Gasteiger partial charge is 0.456 e. The van der Waals surface area contributed by atoms with E-state index in [2.05, 4.69) is 94.4 Å². The number of benzene rings is 5. The van der Waals surface area contributed by atoms with E-state index in [1.807, 2.05) is 12.1 Å². The van der Waals surface area contributed by atoms with Crippen molar-refractivity contribution in [2.24, 2.45) is 0 Å². The molecule has 2 heterocycles. The van der Waals surface area contributed by atoms with Crippen molar-refractivity contribution in [3.05, 3.63) is 78.9 Å². The van der Waals surface area contributed by atoms with Crippen LogP contribution in [0.15, 0.2) is 83.3 Å². The third kappa shape index (κ3) is 2.61. The van der Waals surface area contributed by atoms with Crippen molar-refractivity contribution in [1.29, 1.82) is 0 Å². The highest BCUT2D eigenvalue weighted by atomic mass is 16.7. The van der Waals surface area contributed by atoms with Gasteiger partial charge in [0.2, 0.25) is 0 Å². The molecule has 0 unspecified atom stereocenters. The summed E-state index contributed by atoms with van der Waals surface area (Å²) in [6.45, 7) is 8.38. The van der Waals surface area contributed by atoms with Crippen LogP contribution >= 0.6 is 0 Å². The van der Waals surface area contributed by atoms with Gasteiger partial charge in [-0.3, -0.25) is 0 Å². The van der Waals surface area contributed by atoms with Crippen LogP contribution in [0.4, 0.5) is 0 Å². The fourth-order valence-corrected chi connectivity index (χ4v) is 5.40. The highest BCUT2D eigenvalue weighted by Crippen LogP contribution is 2.42. The number of hydrogen-bond acceptors (Lipinski definition) is 3. The molecule has 1 aliphatic rings. The van der Waals surface area contributed by atoms with Crippen LogP contribution in [0.2, 0.25) is 0 Å². The average molecular weight is 444 g/mol. The van der Waals surface area contributed by atoms with Crippen molar-refractivity contribution in [2.45, 2.75) is 38.9 Å². The van der Waals surface area contributed by atoms with Crippen LogP contribution in [-0.4, -0.2) is 18.3 Å². The summed E-state index contributed by atoms with van der Waals surface area (Å²) in [6, 6.07) is 27.9. The molecule has 166 valence electrons. The average Bonchev–Trinajstić information content (AvgIpc) is 3.31. The topological polar surface area (TPSA) is 31.6 Å². The predicted octanol–water partition coefficient (Wildman–Crippen LogP) is 7.34. The Bertz CT molecular complexity index is 1760. The maximum absolute atomic E-state index is 6.38. The predicted molar refractivity (Wildman–Crippen MR) is 142 cm³/mol. The lowest BCUT2D eigenvalue weighted by molar-refractivity contribution is 0.00578. The zero-order valence-corrected chi connectivity index (χ0v) is 19.8. The normalized spacial score (nSPS) is 17.6. The Morgan fingerprint density at radius 3 is 1.88 bits per heavy atom. The molecule has 0 aliphatic carbocycles. The van der Waals surface area contributed by atoms with Gasteiger partial charge in [0.25, 0.3) is 0 Å². The summed E-state index contributed by atoms with van der Waals surface area (Å²) in [4.78, 5) is 0. The van der Waals surface area contributed by atoms with E-state index in [0.717, 1.165) is 22.0 Å². The lowest BCUT2D eigenvalue weighted by Gasteiger charge is -2.32. The second kappa shape index (κ2) is 6.62. The van der Waals surface area contributed by atoms with E-state index in [1.54, 1.807) is 0 Å². The molecule has 3 nitrogen and oxygen atoms in total. The van der Waals surface area contributed by atoms with E-state index in [-0.39, 0.29) is 11.2 Å². The van der Waals surface area contributed by atoms with Gasteiger partial charge in [-0.05, 0) is 78.3 Å². The molecular formula is C30H25BO3. The van der Waals surface area contributed by atoms with E-state index in [4.69, 9.17) is 13.7 Å². The number of rotatable bonds is 1. The van der Waals surface area contributed by atoms with Gasteiger partial charge in [-0.2, -0.15) is 0 Å². The maximum atomic E-state index is 6.38. The Kier molecular flexibility index (Phi) is 3.91. The number of fused-ring (bicyclic) bond motifs is 10. The van der Waals surface area contributed by atoms with E-state index in [0.29, 0.717) is 0 Å². The first-order valence-electron chi connectivity index (χ1n) is 11.9. The van der Waals surface area contributed by atoms with Crippen LogP contribution in [0.3, 0.4) is 0 Å². The Balaban J connectivity index is 1.60. The molecule has 1 saturated heterocycles. The second-order valence-electron chi connectivity index (χ2n) is 10.4. The third-order valence-corrected chi connectivity index (χ3v) is 7.89. The zero-order chi connectivity index (χ0) is 23.2. The number of furan rings is 1. The summed E-state index contributed by atoms with van der Waals surface area (Å²) in [5.41, 5.74) is 2.13. The molecule has 0 atom stereocenters. The molecule has 0 radical (unpaired) electrons. The number of para-hydroxylation sites is 1. The zero-order valence-electron chi connectivity index (χ0n) is 19.8. The molecule has 0 saturated carbocycles. The minimum Gasteiger partial charge on any atom is -0.456 e. The van der Waals surface area contributed by atoms with Crippen LogP contribution in [0.5, 0.6) is 0 Å². The molecule has 0 spiro atoms. The SMILES string of the molecule is CC1(C)OB(c2ccc3c4ccccc4c4c(ccc5oc6ccccc6c54)c3c2)OC1(C)C. The molecule has 1 aromatic heterocycles. The van der Waals surface area contributed by atoms with Crippen LogP contribution < -0.4 is 5.46 Å². The standard InChI is InChI=1S/C30H25BO3/c1-29(2)30(3,4)34-31(33-29)18-13-14-20-19-9-5-6-10-21(19)27-22(24(20)17-18)15-16-26-28(27)23-11-7-8-12-25(23)32-26/h5-17H,1-4H3. The molecule has 0 amide bonds. The fourth-order valence-electron chi connectivity index (χ4n) is 5.40. The summed E-state index contributed by atoms with van der Waals surface area (Å²) in [6.07, 6.45) is 0. The van der Waals surface area contributed by atoms with Crippen molar-refractivity contribution in [2.75, 3.05) is 0 Å². The van der Waals surface area contributed by atoms with Crippen molar-refractivity contribution in [3.63, 3.8) is 0 Å². The van der Waals surface area contributed by atoms with E-state index in [9.17, 15) is 0 Å². The maximum Gasteiger partial charge on any atom is 0.494 e. The van der Waals surface area contributed by atoms with Crippen molar-refractivity contribution in [1.82, 2.24) is 0 Å². The van der Waals surface area contributed by atoms with Crippen molar-refractivity contribution < 1.29 is 13.7 Å². The highest BCUT2D eigenvalue weighted by molar-refractivity contribution is 6.62.